The smallest absolute Gasteiger partial charge is 0.410 e. The average Bonchev–Trinajstić information content (AvgIpc) is 3.67. The molecule has 52 heavy (non-hydrogen) atoms. The Morgan fingerprint density at radius 1 is 0.923 bits per heavy atom. The molecule has 4 aliphatic rings. The van der Waals surface area contributed by atoms with Crippen molar-refractivity contribution < 1.29 is 14.3 Å². The van der Waals surface area contributed by atoms with Crippen LogP contribution in [0, 0.1) is 23.2 Å². The Morgan fingerprint density at radius 3 is 2.21 bits per heavy atom. The summed E-state index contributed by atoms with van der Waals surface area (Å²) in [6.45, 7) is 18.9. The minimum atomic E-state index is -0.442. The van der Waals surface area contributed by atoms with Gasteiger partial charge in [0, 0.05) is 88.3 Å². The second-order valence-corrected chi connectivity index (χ2v) is 16.8. The first-order chi connectivity index (χ1) is 24.8. The zero-order valence-corrected chi connectivity index (χ0v) is 32.5. The standard InChI is InChI=1S/C41H56ClN7O3/c1-40(2,3)52-39(50)49-27-36(28-49)46-16-13-35(14-17-46)47-23-30-25-48(26-31(30)24-47)38(44-6)45-15-7-8-18-51-37-11-9-32(10-12-37)41(4,5)33-19-29(22-43)20-34(42)21-33/h7,9-12,15,19-21,30-31,35-36H,8,13-14,16-18,23-28H2,1-6H3,(H,44,45)/b15-7-. The molecule has 0 radical (unpaired) electrons. The Bertz CT molecular complexity index is 1640. The van der Waals surface area contributed by atoms with Crippen molar-refractivity contribution in [3.05, 3.63) is 76.5 Å². The fourth-order valence-electron chi connectivity index (χ4n) is 8.19. The van der Waals surface area contributed by atoms with Gasteiger partial charge in [-0.15, -0.1) is 0 Å². The Balaban J connectivity index is 0.872. The molecule has 2 atom stereocenters. The lowest BCUT2D eigenvalue weighted by molar-refractivity contribution is -0.0239. The number of piperidine rings is 1. The van der Waals surface area contributed by atoms with Crippen LogP contribution in [-0.2, 0) is 10.2 Å². The van der Waals surface area contributed by atoms with Crippen LogP contribution < -0.4 is 10.1 Å². The summed E-state index contributed by atoms with van der Waals surface area (Å²) in [5, 5.41) is 13.4. The Hall–Kier alpha value is -3.78. The van der Waals surface area contributed by atoms with Crippen molar-refractivity contribution >= 4 is 23.7 Å². The molecule has 11 heteroatoms. The van der Waals surface area contributed by atoms with Crippen LogP contribution in [0.15, 0.2) is 59.7 Å². The maximum Gasteiger partial charge on any atom is 0.410 e. The maximum absolute atomic E-state index is 12.3. The largest absolute Gasteiger partial charge is 0.493 e. The molecule has 1 amide bonds. The molecule has 1 N–H and O–H groups in total. The summed E-state index contributed by atoms with van der Waals surface area (Å²) < 4.78 is 11.6. The summed E-state index contributed by atoms with van der Waals surface area (Å²) in [6.07, 6.45) is 7.10. The van der Waals surface area contributed by atoms with Crippen LogP contribution in [0.4, 0.5) is 4.79 Å². The highest BCUT2D eigenvalue weighted by Gasteiger charge is 2.44. The van der Waals surface area contributed by atoms with E-state index in [2.05, 4.69) is 63.1 Å². The highest BCUT2D eigenvalue weighted by molar-refractivity contribution is 6.30. The molecule has 0 bridgehead atoms. The van der Waals surface area contributed by atoms with Crippen LogP contribution in [-0.4, -0.2) is 115 Å². The van der Waals surface area contributed by atoms with Crippen molar-refractivity contribution in [3.8, 4) is 11.8 Å². The molecular formula is C41H56ClN7O3. The number of halogens is 1. The number of nitriles is 1. The normalized spacial score (nSPS) is 22.4. The second kappa shape index (κ2) is 16.1. The average molecular weight is 730 g/mol. The van der Waals surface area contributed by atoms with Crippen molar-refractivity contribution in [3.63, 3.8) is 0 Å². The van der Waals surface area contributed by atoms with E-state index in [0.29, 0.717) is 41.1 Å². The number of benzene rings is 2. The van der Waals surface area contributed by atoms with Gasteiger partial charge >= 0.3 is 6.09 Å². The zero-order chi connectivity index (χ0) is 37.0. The number of amides is 1. The minimum Gasteiger partial charge on any atom is -0.493 e. The van der Waals surface area contributed by atoms with Gasteiger partial charge in [0.05, 0.1) is 18.2 Å². The molecule has 2 aromatic rings. The molecule has 0 spiro atoms. The first-order valence-electron chi connectivity index (χ1n) is 18.9. The Kier molecular flexibility index (Phi) is 11.7. The summed E-state index contributed by atoms with van der Waals surface area (Å²) in [6, 6.07) is 17.0. The number of carbonyl (C=O) groups is 1. The number of carbonyl (C=O) groups excluding carboxylic acids is 1. The number of ether oxygens (including phenoxy) is 2. The quantitative estimate of drug-likeness (QED) is 0.182. The number of aliphatic imine (C=N–C) groups is 1. The van der Waals surface area contributed by atoms with Gasteiger partial charge in [0.25, 0.3) is 0 Å². The second-order valence-electron chi connectivity index (χ2n) is 16.4. The molecule has 2 unspecified atom stereocenters. The van der Waals surface area contributed by atoms with Crippen LogP contribution in [0.5, 0.6) is 5.75 Å². The van der Waals surface area contributed by atoms with E-state index >= 15 is 0 Å². The van der Waals surface area contributed by atoms with Crippen LogP contribution in [0.1, 0.15) is 70.6 Å². The molecule has 4 saturated heterocycles. The lowest BCUT2D eigenvalue weighted by Gasteiger charge is -2.48. The number of guanidine groups is 1. The predicted octanol–water partition coefficient (Wildman–Crippen LogP) is 6.34. The van der Waals surface area contributed by atoms with Gasteiger partial charge in [0.1, 0.15) is 11.4 Å². The monoisotopic (exact) mass is 729 g/mol. The SMILES string of the molecule is CN=C(N/C=C\CCOc1ccc(C(C)(C)c2cc(Cl)cc(C#N)c2)cc1)N1CC2CN(C3CCN(C4CN(C(=O)OC(C)(C)C)C4)CC3)CC2C1. The Morgan fingerprint density at radius 2 is 1.60 bits per heavy atom. The van der Waals surface area contributed by atoms with Crippen molar-refractivity contribution in [1.82, 2.24) is 24.9 Å². The molecule has 0 aliphatic carbocycles. The lowest BCUT2D eigenvalue weighted by atomic mass is 9.78. The van der Waals surface area contributed by atoms with Gasteiger partial charge in [-0.25, -0.2) is 4.79 Å². The van der Waals surface area contributed by atoms with Gasteiger partial charge in [0.15, 0.2) is 5.96 Å². The zero-order valence-electron chi connectivity index (χ0n) is 31.8. The summed E-state index contributed by atoms with van der Waals surface area (Å²) in [5.41, 5.74) is 1.95. The van der Waals surface area contributed by atoms with Gasteiger partial charge in [-0.1, -0.05) is 43.7 Å². The first-order valence-corrected chi connectivity index (χ1v) is 19.2. The van der Waals surface area contributed by atoms with Crippen molar-refractivity contribution in [2.75, 3.05) is 66.0 Å². The molecule has 280 valence electrons. The van der Waals surface area contributed by atoms with Crippen molar-refractivity contribution in [2.45, 2.75) is 77.0 Å². The topological polar surface area (TPSA) is 96.7 Å². The first kappa shape index (κ1) is 38.0. The van der Waals surface area contributed by atoms with Crippen LogP contribution in [0.2, 0.25) is 5.02 Å². The van der Waals surface area contributed by atoms with Gasteiger partial charge in [-0.2, -0.15) is 5.26 Å². The number of likely N-dealkylation sites (tertiary alicyclic amines) is 4. The number of nitrogens with one attached hydrogen (secondary N) is 1. The third-order valence-corrected chi connectivity index (χ3v) is 11.5. The van der Waals surface area contributed by atoms with E-state index < -0.39 is 5.60 Å². The molecule has 4 heterocycles. The number of nitrogens with zero attached hydrogens (tertiary/aromatic N) is 6. The number of hydrogen-bond donors (Lipinski definition) is 1. The fourth-order valence-corrected chi connectivity index (χ4v) is 8.42. The number of rotatable bonds is 9. The van der Waals surface area contributed by atoms with E-state index in [0.717, 1.165) is 68.5 Å². The van der Waals surface area contributed by atoms with Crippen molar-refractivity contribution in [1.29, 1.82) is 5.26 Å². The summed E-state index contributed by atoms with van der Waals surface area (Å²) in [4.78, 5) is 26.5. The summed E-state index contributed by atoms with van der Waals surface area (Å²) in [7, 11) is 1.86. The minimum absolute atomic E-state index is 0.184. The summed E-state index contributed by atoms with van der Waals surface area (Å²) >= 11 is 6.28. The van der Waals surface area contributed by atoms with Crippen molar-refractivity contribution in [2.24, 2.45) is 16.8 Å². The van der Waals surface area contributed by atoms with E-state index in [9.17, 15) is 10.1 Å². The fraction of sp³-hybridized carbons (Fsp3) is 0.585. The van der Waals surface area contributed by atoms with Crippen LogP contribution >= 0.6 is 11.6 Å². The molecular weight excluding hydrogens is 674 g/mol. The van der Waals surface area contributed by atoms with E-state index in [-0.39, 0.29) is 11.5 Å². The molecule has 0 aromatic heterocycles. The van der Waals surface area contributed by atoms with E-state index in [1.54, 1.807) is 6.07 Å². The number of fused-ring (bicyclic) bond motifs is 1. The lowest BCUT2D eigenvalue weighted by Crippen LogP contribution is -2.63. The van der Waals surface area contributed by atoms with E-state index in [1.165, 1.54) is 25.9 Å². The highest BCUT2D eigenvalue weighted by atomic mass is 35.5. The predicted molar refractivity (Wildman–Crippen MR) is 207 cm³/mol. The molecule has 0 saturated carbocycles. The molecule has 4 fully saturated rings. The van der Waals surface area contributed by atoms with E-state index in [1.807, 2.05) is 63.2 Å². The number of hydrogen-bond acceptors (Lipinski definition) is 7. The van der Waals surface area contributed by atoms with Gasteiger partial charge in [0.2, 0.25) is 0 Å². The summed E-state index contributed by atoms with van der Waals surface area (Å²) in [5.74, 6) is 3.13. The Labute approximate surface area is 315 Å². The van der Waals surface area contributed by atoms with Gasteiger partial charge < -0.3 is 24.6 Å². The molecule has 2 aromatic carbocycles. The van der Waals surface area contributed by atoms with Crippen LogP contribution in [0.25, 0.3) is 0 Å². The molecule has 10 nitrogen and oxygen atoms in total. The highest BCUT2D eigenvalue weighted by Crippen LogP contribution is 2.36. The van der Waals surface area contributed by atoms with E-state index in [4.69, 9.17) is 21.1 Å². The third-order valence-electron chi connectivity index (χ3n) is 11.3. The molecule has 6 rings (SSSR count). The van der Waals surface area contributed by atoms with Gasteiger partial charge in [-0.05, 0) is 93.1 Å². The molecule has 4 aliphatic heterocycles. The van der Waals surface area contributed by atoms with Crippen LogP contribution in [0.3, 0.4) is 0 Å². The third kappa shape index (κ3) is 9.05. The van der Waals surface area contributed by atoms with Gasteiger partial charge in [-0.3, -0.25) is 14.8 Å². The maximum atomic E-state index is 12.3.